The molecule has 1 aliphatic heterocycles. The minimum Gasteiger partial charge on any atom is -0.494 e. The Bertz CT molecular complexity index is 490. The van der Waals surface area contributed by atoms with Gasteiger partial charge in [0.15, 0.2) is 11.6 Å². The average Bonchev–Trinajstić information content (AvgIpc) is 2.53. The number of nitrogens with one attached hydrogen (secondary N) is 2. The van der Waals surface area contributed by atoms with E-state index in [-0.39, 0.29) is 17.6 Å². The standard InChI is InChI=1S/C11H12FN3O2/c1-15-9(10(13)14-11(15)16)6-3-4-8(17-2)7(12)5-6/h3-5,9H,1-2H3,(H2,13,14,16). The van der Waals surface area contributed by atoms with Crippen molar-refractivity contribution < 1.29 is 13.9 Å². The van der Waals surface area contributed by atoms with Crippen molar-refractivity contribution in [1.82, 2.24) is 10.2 Å². The van der Waals surface area contributed by atoms with Crippen molar-refractivity contribution in [3.63, 3.8) is 0 Å². The number of nitrogens with zero attached hydrogens (tertiary/aromatic N) is 1. The molecule has 1 saturated heterocycles. The molecule has 2 rings (SSSR count). The van der Waals surface area contributed by atoms with E-state index in [1.807, 2.05) is 0 Å². The summed E-state index contributed by atoms with van der Waals surface area (Å²) in [4.78, 5) is 12.7. The molecule has 90 valence electrons. The first-order chi connectivity index (χ1) is 8.04. The van der Waals surface area contributed by atoms with Crippen LogP contribution < -0.4 is 10.1 Å². The van der Waals surface area contributed by atoms with Crippen LogP contribution in [0.5, 0.6) is 5.75 Å². The average molecular weight is 237 g/mol. The molecule has 1 heterocycles. The monoisotopic (exact) mass is 237 g/mol. The number of halogens is 1. The Morgan fingerprint density at radius 2 is 2.24 bits per heavy atom. The van der Waals surface area contributed by atoms with Gasteiger partial charge >= 0.3 is 6.03 Å². The van der Waals surface area contributed by atoms with Crippen LogP contribution in [0.15, 0.2) is 18.2 Å². The quantitative estimate of drug-likeness (QED) is 0.818. The number of amides is 2. The summed E-state index contributed by atoms with van der Waals surface area (Å²) in [5, 5.41) is 10.0. The number of likely N-dealkylation sites (N-methyl/N-ethyl adjacent to an activating group) is 1. The Morgan fingerprint density at radius 3 is 2.71 bits per heavy atom. The van der Waals surface area contributed by atoms with E-state index in [0.717, 1.165) is 0 Å². The maximum Gasteiger partial charge on any atom is 0.323 e. The number of amidine groups is 1. The molecule has 5 nitrogen and oxygen atoms in total. The summed E-state index contributed by atoms with van der Waals surface area (Å²) in [5.41, 5.74) is 0.536. The van der Waals surface area contributed by atoms with Crippen molar-refractivity contribution in [3.8, 4) is 5.75 Å². The maximum absolute atomic E-state index is 13.5. The second kappa shape index (κ2) is 4.04. The first kappa shape index (κ1) is 11.4. The topological polar surface area (TPSA) is 65.4 Å². The van der Waals surface area contributed by atoms with E-state index in [0.29, 0.717) is 5.56 Å². The van der Waals surface area contributed by atoms with Crippen LogP contribution in [0.1, 0.15) is 11.6 Å². The maximum atomic E-state index is 13.5. The Kier molecular flexibility index (Phi) is 2.71. The molecule has 1 aromatic rings. The number of methoxy groups -OCH3 is 1. The normalized spacial score (nSPS) is 19.5. The van der Waals surface area contributed by atoms with Gasteiger partial charge in [0.05, 0.1) is 7.11 Å². The number of carbonyl (C=O) groups excluding carboxylic acids is 1. The van der Waals surface area contributed by atoms with Crippen LogP contribution in [0, 0.1) is 11.2 Å². The zero-order valence-electron chi connectivity index (χ0n) is 9.45. The largest absolute Gasteiger partial charge is 0.494 e. The van der Waals surface area contributed by atoms with Crippen LogP contribution >= 0.6 is 0 Å². The van der Waals surface area contributed by atoms with Gasteiger partial charge in [-0.3, -0.25) is 10.7 Å². The predicted molar refractivity (Wildman–Crippen MR) is 59.7 cm³/mol. The third-order valence-electron chi connectivity index (χ3n) is 2.71. The van der Waals surface area contributed by atoms with E-state index < -0.39 is 11.9 Å². The Labute approximate surface area is 97.7 Å². The number of benzene rings is 1. The van der Waals surface area contributed by atoms with Gasteiger partial charge in [0.25, 0.3) is 0 Å². The second-order valence-corrected chi connectivity index (χ2v) is 3.75. The third-order valence-corrected chi connectivity index (χ3v) is 2.71. The van der Waals surface area contributed by atoms with Crippen LogP contribution in [-0.2, 0) is 0 Å². The van der Waals surface area contributed by atoms with E-state index in [2.05, 4.69) is 5.32 Å². The molecule has 1 unspecified atom stereocenters. The van der Waals surface area contributed by atoms with Gasteiger partial charge in [-0.2, -0.15) is 0 Å². The van der Waals surface area contributed by atoms with E-state index in [1.165, 1.54) is 24.1 Å². The van der Waals surface area contributed by atoms with Crippen molar-refractivity contribution in [1.29, 1.82) is 5.41 Å². The molecule has 0 aromatic heterocycles. The fourth-order valence-corrected chi connectivity index (χ4v) is 1.83. The van der Waals surface area contributed by atoms with Gasteiger partial charge in [-0.25, -0.2) is 9.18 Å². The summed E-state index contributed by atoms with van der Waals surface area (Å²) >= 11 is 0. The van der Waals surface area contributed by atoms with Gasteiger partial charge in [-0.1, -0.05) is 6.07 Å². The van der Waals surface area contributed by atoms with Crippen molar-refractivity contribution in [2.24, 2.45) is 0 Å². The molecule has 2 amide bonds. The van der Waals surface area contributed by atoms with Gasteiger partial charge < -0.3 is 9.64 Å². The third kappa shape index (κ3) is 1.82. The summed E-state index contributed by atoms with van der Waals surface area (Å²) in [6.07, 6.45) is 0. The number of hydrogen-bond donors (Lipinski definition) is 2. The number of hydrogen-bond acceptors (Lipinski definition) is 3. The minimum absolute atomic E-state index is 0.0436. The fourth-order valence-electron chi connectivity index (χ4n) is 1.83. The van der Waals surface area contributed by atoms with E-state index in [1.54, 1.807) is 13.1 Å². The molecule has 6 heteroatoms. The van der Waals surface area contributed by atoms with Crippen LogP contribution in [0.25, 0.3) is 0 Å². The lowest BCUT2D eigenvalue weighted by Crippen LogP contribution is -2.25. The molecule has 1 aliphatic rings. The number of rotatable bonds is 2. The molecule has 2 N–H and O–H groups in total. The highest BCUT2D eigenvalue weighted by Crippen LogP contribution is 2.27. The molecule has 1 atom stereocenters. The first-order valence-corrected chi connectivity index (χ1v) is 5.00. The smallest absolute Gasteiger partial charge is 0.323 e. The molecule has 0 radical (unpaired) electrons. The van der Waals surface area contributed by atoms with Crippen LogP contribution in [0.4, 0.5) is 9.18 Å². The highest BCUT2D eigenvalue weighted by atomic mass is 19.1. The van der Waals surface area contributed by atoms with Crippen molar-refractivity contribution in [3.05, 3.63) is 29.6 Å². The Balaban J connectivity index is 2.38. The fraction of sp³-hybridized carbons (Fsp3) is 0.273. The zero-order valence-corrected chi connectivity index (χ0v) is 9.45. The SMILES string of the molecule is COc1ccc(C2C(=N)NC(=O)N2C)cc1F. The molecule has 17 heavy (non-hydrogen) atoms. The number of carbonyl (C=O) groups is 1. The molecule has 0 spiro atoms. The van der Waals surface area contributed by atoms with Crippen molar-refractivity contribution >= 4 is 11.9 Å². The Morgan fingerprint density at radius 1 is 1.53 bits per heavy atom. The lowest BCUT2D eigenvalue weighted by atomic mass is 10.1. The van der Waals surface area contributed by atoms with E-state index >= 15 is 0 Å². The van der Waals surface area contributed by atoms with Crippen LogP contribution in [0.2, 0.25) is 0 Å². The molecular formula is C11H12FN3O2. The number of ether oxygens (including phenoxy) is 1. The van der Waals surface area contributed by atoms with Crippen molar-refractivity contribution in [2.45, 2.75) is 6.04 Å². The molecule has 0 aliphatic carbocycles. The molecular weight excluding hydrogens is 225 g/mol. The Hall–Kier alpha value is -2.11. The highest BCUT2D eigenvalue weighted by Gasteiger charge is 2.34. The summed E-state index contributed by atoms with van der Waals surface area (Å²) < 4.78 is 18.3. The molecule has 0 bridgehead atoms. The van der Waals surface area contributed by atoms with E-state index in [9.17, 15) is 9.18 Å². The second-order valence-electron chi connectivity index (χ2n) is 3.75. The lowest BCUT2D eigenvalue weighted by molar-refractivity contribution is 0.217. The summed E-state index contributed by atoms with van der Waals surface area (Å²) in [6, 6.07) is 3.46. The molecule has 1 fully saturated rings. The number of urea groups is 1. The van der Waals surface area contributed by atoms with Crippen LogP contribution in [0.3, 0.4) is 0 Å². The summed E-state index contributed by atoms with van der Waals surface area (Å²) in [5.74, 6) is -0.326. The summed E-state index contributed by atoms with van der Waals surface area (Å²) in [7, 11) is 2.94. The first-order valence-electron chi connectivity index (χ1n) is 5.00. The van der Waals surface area contributed by atoms with Crippen molar-refractivity contribution in [2.75, 3.05) is 14.2 Å². The van der Waals surface area contributed by atoms with Gasteiger partial charge in [-0.15, -0.1) is 0 Å². The predicted octanol–water partition coefficient (Wildman–Crippen LogP) is 1.51. The zero-order chi connectivity index (χ0) is 12.6. The molecule has 1 aromatic carbocycles. The van der Waals surface area contributed by atoms with Gasteiger partial charge in [-0.05, 0) is 17.7 Å². The summed E-state index contributed by atoms with van der Waals surface area (Å²) in [6.45, 7) is 0. The van der Waals surface area contributed by atoms with Gasteiger partial charge in [0.1, 0.15) is 11.9 Å². The molecule has 0 saturated carbocycles. The lowest BCUT2D eigenvalue weighted by Gasteiger charge is -2.18. The van der Waals surface area contributed by atoms with Gasteiger partial charge in [0.2, 0.25) is 0 Å². The van der Waals surface area contributed by atoms with Gasteiger partial charge in [0, 0.05) is 7.05 Å². The van der Waals surface area contributed by atoms with E-state index in [4.69, 9.17) is 10.1 Å². The van der Waals surface area contributed by atoms with Crippen LogP contribution in [-0.4, -0.2) is 30.9 Å². The minimum atomic E-state index is -0.567. The highest BCUT2D eigenvalue weighted by molar-refractivity contribution is 6.05.